The summed E-state index contributed by atoms with van der Waals surface area (Å²) >= 11 is 3.19. The molecule has 13 heavy (non-hydrogen) atoms. The molecule has 0 spiro atoms. The van der Waals surface area contributed by atoms with E-state index in [0.29, 0.717) is 17.4 Å². The predicted octanol–water partition coefficient (Wildman–Crippen LogP) is 2.02. The van der Waals surface area contributed by atoms with Crippen molar-refractivity contribution in [2.75, 3.05) is 0 Å². The van der Waals surface area contributed by atoms with Crippen LogP contribution in [0.2, 0.25) is 0 Å². The summed E-state index contributed by atoms with van der Waals surface area (Å²) in [5.74, 6) is 5.71. The van der Waals surface area contributed by atoms with Gasteiger partial charge in [0, 0.05) is 19.2 Å². The molecular weight excluding hydrogens is 230 g/mol. The molecular formula is C10H10BrNO. The van der Waals surface area contributed by atoms with E-state index >= 15 is 0 Å². The molecule has 0 bridgehead atoms. The van der Waals surface area contributed by atoms with E-state index in [1.54, 1.807) is 23.8 Å². The molecule has 3 heteroatoms. The lowest BCUT2D eigenvalue weighted by Crippen LogP contribution is -2.19. The number of nitrogens with zero attached hydrogens (tertiary/aromatic N) is 1. The topological polar surface area (TPSA) is 22.0 Å². The molecule has 1 aromatic heterocycles. The molecule has 0 aromatic carbocycles. The summed E-state index contributed by atoms with van der Waals surface area (Å²) in [6, 6.07) is 3.58. The summed E-state index contributed by atoms with van der Waals surface area (Å²) in [5, 5.41) is 0. The van der Waals surface area contributed by atoms with Crippen LogP contribution in [0, 0.1) is 11.8 Å². The number of halogens is 1. The van der Waals surface area contributed by atoms with Crippen LogP contribution < -0.4 is 5.56 Å². The zero-order valence-electron chi connectivity index (χ0n) is 7.38. The maximum Gasteiger partial charge on any atom is 0.264 e. The van der Waals surface area contributed by atoms with Gasteiger partial charge in [0.05, 0.1) is 4.47 Å². The number of hydrogen-bond acceptors (Lipinski definition) is 1. The molecule has 0 amide bonds. The second-order valence-corrected chi connectivity index (χ2v) is 3.39. The minimum Gasteiger partial charge on any atom is -0.314 e. The van der Waals surface area contributed by atoms with Gasteiger partial charge >= 0.3 is 0 Å². The summed E-state index contributed by atoms with van der Waals surface area (Å²) in [5.41, 5.74) is 0.000373. The Hall–Kier alpha value is -1.01. The van der Waals surface area contributed by atoms with Gasteiger partial charge in [-0.05, 0) is 35.0 Å². The van der Waals surface area contributed by atoms with Gasteiger partial charge in [-0.1, -0.05) is 0 Å². The first kappa shape index (κ1) is 10.1. The number of aryl methyl sites for hydroxylation is 1. The highest BCUT2D eigenvalue weighted by Crippen LogP contribution is 2.00. The van der Waals surface area contributed by atoms with Gasteiger partial charge in [-0.2, -0.15) is 0 Å². The fourth-order valence-corrected chi connectivity index (χ4v) is 1.37. The molecule has 0 unspecified atom stereocenters. The van der Waals surface area contributed by atoms with Crippen LogP contribution in [0.5, 0.6) is 0 Å². The molecule has 0 aliphatic rings. The van der Waals surface area contributed by atoms with Gasteiger partial charge in [-0.3, -0.25) is 4.79 Å². The molecule has 68 valence electrons. The van der Waals surface area contributed by atoms with Crippen LogP contribution in [0.15, 0.2) is 27.6 Å². The van der Waals surface area contributed by atoms with E-state index < -0.39 is 0 Å². The fraction of sp³-hybridized carbons (Fsp3) is 0.300. The first-order chi connectivity index (χ1) is 6.25. The van der Waals surface area contributed by atoms with Crippen LogP contribution in [0.25, 0.3) is 0 Å². The van der Waals surface area contributed by atoms with Crippen molar-refractivity contribution in [3.05, 3.63) is 33.2 Å². The normalized spacial score (nSPS) is 9.08. The van der Waals surface area contributed by atoms with Crippen molar-refractivity contribution in [2.45, 2.75) is 19.9 Å². The van der Waals surface area contributed by atoms with Gasteiger partial charge in [0.25, 0.3) is 5.56 Å². The van der Waals surface area contributed by atoms with Gasteiger partial charge in [0.15, 0.2) is 0 Å². The monoisotopic (exact) mass is 239 g/mol. The molecule has 0 fully saturated rings. The third kappa shape index (κ3) is 2.74. The summed E-state index contributed by atoms with van der Waals surface area (Å²) in [7, 11) is 0. The molecule has 0 saturated carbocycles. The molecule has 2 nitrogen and oxygen atoms in total. The molecule has 0 aliphatic carbocycles. The summed E-state index contributed by atoms with van der Waals surface area (Å²) in [6.07, 6.45) is 2.48. The predicted molar refractivity (Wildman–Crippen MR) is 56.5 cm³/mol. The largest absolute Gasteiger partial charge is 0.314 e. The number of aromatic nitrogens is 1. The van der Waals surface area contributed by atoms with Crippen LogP contribution in [0.4, 0.5) is 0 Å². The van der Waals surface area contributed by atoms with Gasteiger partial charge in [0.2, 0.25) is 0 Å². The number of pyridine rings is 1. The first-order valence-corrected chi connectivity index (χ1v) is 4.79. The Morgan fingerprint density at radius 2 is 2.38 bits per heavy atom. The van der Waals surface area contributed by atoms with Crippen LogP contribution in [-0.4, -0.2) is 4.57 Å². The molecule has 0 atom stereocenters. The van der Waals surface area contributed by atoms with Crippen molar-refractivity contribution in [3.63, 3.8) is 0 Å². The molecule has 0 saturated heterocycles. The van der Waals surface area contributed by atoms with Crippen molar-refractivity contribution in [1.29, 1.82) is 0 Å². The van der Waals surface area contributed by atoms with Gasteiger partial charge in [-0.15, -0.1) is 11.8 Å². The van der Waals surface area contributed by atoms with E-state index in [4.69, 9.17) is 0 Å². The Labute approximate surface area is 85.7 Å². The minimum absolute atomic E-state index is 0.000373. The third-order valence-electron chi connectivity index (χ3n) is 1.63. The van der Waals surface area contributed by atoms with Crippen LogP contribution in [-0.2, 0) is 6.54 Å². The van der Waals surface area contributed by atoms with Crippen molar-refractivity contribution in [2.24, 2.45) is 0 Å². The fourth-order valence-electron chi connectivity index (χ4n) is 0.985. The van der Waals surface area contributed by atoms with Crippen molar-refractivity contribution < 1.29 is 0 Å². The maximum atomic E-state index is 11.4. The maximum absolute atomic E-state index is 11.4. The highest BCUT2D eigenvalue weighted by molar-refractivity contribution is 9.10. The standard InChI is InChI=1S/C10H10BrNO/c1-2-3-4-7-12-8-5-6-9(11)10(12)13/h5-6,8H,4,7H2,1H3. The Balaban J connectivity index is 2.81. The van der Waals surface area contributed by atoms with Crippen LogP contribution in [0.3, 0.4) is 0 Å². The first-order valence-electron chi connectivity index (χ1n) is 4.00. The van der Waals surface area contributed by atoms with Crippen molar-refractivity contribution in [3.8, 4) is 11.8 Å². The SMILES string of the molecule is CC#CCCn1cccc(Br)c1=O. The average Bonchev–Trinajstić information content (AvgIpc) is 2.13. The lowest BCUT2D eigenvalue weighted by Gasteiger charge is -2.01. The summed E-state index contributed by atoms with van der Waals surface area (Å²) in [6.45, 7) is 2.45. The van der Waals surface area contributed by atoms with Crippen LogP contribution in [0.1, 0.15) is 13.3 Å². The van der Waals surface area contributed by atoms with Crippen LogP contribution >= 0.6 is 15.9 Å². The van der Waals surface area contributed by atoms with E-state index in [2.05, 4.69) is 27.8 Å². The Bertz CT molecular complexity index is 397. The Morgan fingerprint density at radius 3 is 3.08 bits per heavy atom. The Kier molecular flexibility index (Phi) is 3.78. The van der Waals surface area contributed by atoms with Gasteiger partial charge in [-0.25, -0.2) is 0 Å². The lowest BCUT2D eigenvalue weighted by molar-refractivity contribution is 0.686. The van der Waals surface area contributed by atoms with E-state index in [1.807, 2.05) is 6.07 Å². The van der Waals surface area contributed by atoms with Crippen molar-refractivity contribution in [1.82, 2.24) is 4.57 Å². The second-order valence-electron chi connectivity index (χ2n) is 2.53. The van der Waals surface area contributed by atoms with Crippen molar-refractivity contribution >= 4 is 15.9 Å². The zero-order chi connectivity index (χ0) is 9.68. The van der Waals surface area contributed by atoms with Gasteiger partial charge in [0.1, 0.15) is 0 Å². The molecule has 1 rings (SSSR count). The number of rotatable bonds is 2. The molecule has 1 heterocycles. The van der Waals surface area contributed by atoms with E-state index in [1.165, 1.54) is 0 Å². The highest BCUT2D eigenvalue weighted by Gasteiger charge is 1.97. The quantitative estimate of drug-likeness (QED) is 0.725. The van der Waals surface area contributed by atoms with E-state index in [0.717, 1.165) is 0 Å². The Morgan fingerprint density at radius 1 is 1.62 bits per heavy atom. The number of hydrogen-bond donors (Lipinski definition) is 0. The minimum atomic E-state index is 0.000373. The average molecular weight is 240 g/mol. The molecule has 0 aliphatic heterocycles. The molecule has 0 N–H and O–H groups in total. The van der Waals surface area contributed by atoms with Gasteiger partial charge < -0.3 is 4.57 Å². The third-order valence-corrected chi connectivity index (χ3v) is 2.23. The van der Waals surface area contributed by atoms with E-state index in [9.17, 15) is 4.79 Å². The smallest absolute Gasteiger partial charge is 0.264 e. The summed E-state index contributed by atoms with van der Waals surface area (Å²) < 4.78 is 2.24. The highest BCUT2D eigenvalue weighted by atomic mass is 79.9. The summed E-state index contributed by atoms with van der Waals surface area (Å²) in [4.78, 5) is 11.4. The van der Waals surface area contributed by atoms with E-state index in [-0.39, 0.29) is 5.56 Å². The zero-order valence-corrected chi connectivity index (χ0v) is 8.97. The second kappa shape index (κ2) is 4.88. The lowest BCUT2D eigenvalue weighted by atomic mass is 10.4. The molecule has 0 radical (unpaired) electrons. The molecule has 1 aromatic rings.